The number of amides is 1. The van der Waals surface area contributed by atoms with Gasteiger partial charge in [0.2, 0.25) is 0 Å². The number of aromatic amines is 1. The Kier molecular flexibility index (Phi) is 4.89. The highest BCUT2D eigenvalue weighted by Gasteiger charge is 2.25. The molecule has 3 rings (SSSR count). The van der Waals surface area contributed by atoms with E-state index in [1.165, 1.54) is 12.5 Å². The fourth-order valence-electron chi connectivity index (χ4n) is 2.92. The molecule has 7 nitrogen and oxygen atoms in total. The van der Waals surface area contributed by atoms with Gasteiger partial charge in [-0.1, -0.05) is 12.1 Å². The van der Waals surface area contributed by atoms with Crippen LogP contribution in [0.25, 0.3) is 0 Å². The van der Waals surface area contributed by atoms with Crippen molar-refractivity contribution < 1.29 is 9.90 Å². The van der Waals surface area contributed by atoms with Crippen molar-refractivity contribution in [2.45, 2.75) is 12.6 Å². The molecule has 1 aromatic heterocycles. The number of β-amino-alcohol motifs (C(OH)–C–C–N with tert-alkyl or cyclic N) is 1. The first-order chi connectivity index (χ1) is 11.7. The topological polar surface area (TPSA) is 96.3 Å². The molecule has 0 aliphatic carbocycles. The minimum absolute atomic E-state index is 0.153. The van der Waals surface area contributed by atoms with E-state index >= 15 is 0 Å². The zero-order valence-electron chi connectivity index (χ0n) is 13.2. The van der Waals surface area contributed by atoms with Crippen LogP contribution in [0.1, 0.15) is 21.6 Å². The van der Waals surface area contributed by atoms with E-state index < -0.39 is 6.10 Å². The van der Waals surface area contributed by atoms with Crippen molar-refractivity contribution in [2.75, 3.05) is 26.2 Å². The molecule has 1 aliphatic heterocycles. The van der Waals surface area contributed by atoms with Gasteiger partial charge in [-0.15, -0.1) is 0 Å². The van der Waals surface area contributed by atoms with E-state index in [-0.39, 0.29) is 5.91 Å². The van der Waals surface area contributed by atoms with Crippen LogP contribution >= 0.6 is 0 Å². The molecule has 124 valence electrons. The molecule has 1 aliphatic rings. The number of aromatic nitrogens is 2. The molecule has 0 spiro atoms. The van der Waals surface area contributed by atoms with Gasteiger partial charge in [-0.2, -0.15) is 5.26 Å². The SMILES string of the molecule is N#Cc1cccc(CN2CCN(C(=O)c3cnc[nH]3)C[C@H](O)C2)c1. The van der Waals surface area contributed by atoms with Crippen LogP contribution in [-0.2, 0) is 6.54 Å². The number of carbonyl (C=O) groups is 1. The summed E-state index contributed by atoms with van der Waals surface area (Å²) in [5, 5.41) is 19.2. The van der Waals surface area contributed by atoms with E-state index in [9.17, 15) is 9.90 Å². The lowest BCUT2D eigenvalue weighted by molar-refractivity contribution is 0.0658. The number of nitrogens with zero attached hydrogens (tertiary/aromatic N) is 4. The number of hydrogen-bond donors (Lipinski definition) is 2. The first-order valence-corrected chi connectivity index (χ1v) is 7.83. The largest absolute Gasteiger partial charge is 0.390 e. The van der Waals surface area contributed by atoms with E-state index in [4.69, 9.17) is 5.26 Å². The number of aliphatic hydroxyl groups is 1. The second kappa shape index (κ2) is 7.25. The highest BCUT2D eigenvalue weighted by atomic mass is 16.3. The molecule has 24 heavy (non-hydrogen) atoms. The number of rotatable bonds is 3. The van der Waals surface area contributed by atoms with Crippen LogP contribution in [0.4, 0.5) is 0 Å². The van der Waals surface area contributed by atoms with Gasteiger partial charge in [0.1, 0.15) is 5.69 Å². The lowest BCUT2D eigenvalue weighted by Gasteiger charge is -2.21. The van der Waals surface area contributed by atoms with E-state index in [1.54, 1.807) is 11.0 Å². The summed E-state index contributed by atoms with van der Waals surface area (Å²) in [6, 6.07) is 9.58. The average molecular weight is 325 g/mol. The molecule has 0 bridgehead atoms. The van der Waals surface area contributed by atoms with Gasteiger partial charge in [-0.05, 0) is 17.7 Å². The van der Waals surface area contributed by atoms with Crippen molar-refractivity contribution in [3.63, 3.8) is 0 Å². The Morgan fingerprint density at radius 2 is 2.29 bits per heavy atom. The summed E-state index contributed by atoms with van der Waals surface area (Å²) in [4.78, 5) is 22.8. The quantitative estimate of drug-likeness (QED) is 0.861. The van der Waals surface area contributed by atoms with Crippen LogP contribution in [0, 0.1) is 11.3 Å². The van der Waals surface area contributed by atoms with Gasteiger partial charge in [-0.25, -0.2) is 4.98 Å². The van der Waals surface area contributed by atoms with Crippen molar-refractivity contribution in [1.82, 2.24) is 19.8 Å². The fourth-order valence-corrected chi connectivity index (χ4v) is 2.92. The predicted molar refractivity (Wildman–Crippen MR) is 86.9 cm³/mol. The third-order valence-electron chi connectivity index (χ3n) is 4.06. The van der Waals surface area contributed by atoms with Crippen LogP contribution in [0.3, 0.4) is 0 Å². The minimum atomic E-state index is -0.612. The summed E-state index contributed by atoms with van der Waals surface area (Å²) in [7, 11) is 0. The van der Waals surface area contributed by atoms with Crippen LogP contribution < -0.4 is 0 Å². The monoisotopic (exact) mass is 325 g/mol. The summed E-state index contributed by atoms with van der Waals surface area (Å²) >= 11 is 0. The van der Waals surface area contributed by atoms with Crippen LogP contribution in [0.5, 0.6) is 0 Å². The maximum atomic E-state index is 12.4. The molecular formula is C17H19N5O2. The summed E-state index contributed by atoms with van der Waals surface area (Å²) in [5.41, 5.74) is 2.07. The second-order valence-electron chi connectivity index (χ2n) is 5.92. The molecule has 1 saturated heterocycles. The number of H-pyrrole nitrogens is 1. The van der Waals surface area contributed by atoms with Gasteiger partial charge in [0.05, 0.1) is 30.3 Å². The van der Waals surface area contributed by atoms with Crippen LogP contribution in [-0.4, -0.2) is 63.1 Å². The van der Waals surface area contributed by atoms with E-state index in [1.807, 2.05) is 18.2 Å². The first kappa shape index (κ1) is 16.2. The number of benzene rings is 1. The molecule has 2 aromatic rings. The van der Waals surface area contributed by atoms with Crippen molar-refractivity contribution in [1.29, 1.82) is 5.26 Å². The number of nitriles is 1. The van der Waals surface area contributed by atoms with Crippen molar-refractivity contribution >= 4 is 5.91 Å². The van der Waals surface area contributed by atoms with Crippen molar-refractivity contribution in [3.05, 3.63) is 53.6 Å². The Hall–Kier alpha value is -2.69. The summed E-state index contributed by atoms with van der Waals surface area (Å²) in [6.07, 6.45) is 2.35. The Morgan fingerprint density at radius 3 is 3.04 bits per heavy atom. The normalized spacial score (nSPS) is 18.8. The van der Waals surface area contributed by atoms with Crippen LogP contribution in [0.15, 0.2) is 36.8 Å². The molecule has 2 N–H and O–H groups in total. The van der Waals surface area contributed by atoms with Gasteiger partial charge in [0.15, 0.2) is 0 Å². The van der Waals surface area contributed by atoms with E-state index in [2.05, 4.69) is 20.9 Å². The third kappa shape index (κ3) is 3.79. The third-order valence-corrected chi connectivity index (χ3v) is 4.06. The molecule has 1 amide bonds. The average Bonchev–Trinajstić information content (AvgIpc) is 3.06. The van der Waals surface area contributed by atoms with E-state index in [0.29, 0.717) is 44.0 Å². The Bertz CT molecular complexity index is 738. The number of nitrogens with one attached hydrogen (secondary N) is 1. The maximum absolute atomic E-state index is 12.4. The first-order valence-electron chi connectivity index (χ1n) is 7.83. The summed E-state index contributed by atoms with van der Waals surface area (Å²) < 4.78 is 0. The zero-order valence-corrected chi connectivity index (χ0v) is 13.2. The minimum Gasteiger partial charge on any atom is -0.390 e. The Labute approximate surface area is 140 Å². The van der Waals surface area contributed by atoms with Crippen LogP contribution in [0.2, 0.25) is 0 Å². The molecular weight excluding hydrogens is 306 g/mol. The molecule has 1 aromatic carbocycles. The van der Waals surface area contributed by atoms with Gasteiger partial charge in [0.25, 0.3) is 5.91 Å². The predicted octanol–water partition coefficient (Wildman–Crippen LogP) is 0.600. The van der Waals surface area contributed by atoms with Gasteiger partial charge < -0.3 is 15.0 Å². The lowest BCUT2D eigenvalue weighted by Crippen LogP contribution is -2.37. The van der Waals surface area contributed by atoms with Gasteiger partial charge >= 0.3 is 0 Å². The van der Waals surface area contributed by atoms with Gasteiger partial charge in [-0.3, -0.25) is 9.69 Å². The highest BCUT2D eigenvalue weighted by Crippen LogP contribution is 2.12. The number of aliphatic hydroxyl groups excluding tert-OH is 1. The summed E-state index contributed by atoms with van der Waals surface area (Å²) in [5.74, 6) is -0.153. The molecule has 1 atom stereocenters. The number of hydrogen-bond acceptors (Lipinski definition) is 5. The molecule has 2 heterocycles. The fraction of sp³-hybridized carbons (Fsp3) is 0.353. The molecule has 0 saturated carbocycles. The molecule has 1 fully saturated rings. The van der Waals surface area contributed by atoms with Gasteiger partial charge in [0, 0.05) is 32.7 Å². The lowest BCUT2D eigenvalue weighted by atomic mass is 10.1. The van der Waals surface area contributed by atoms with E-state index in [0.717, 1.165) is 5.56 Å². The number of carbonyl (C=O) groups excluding carboxylic acids is 1. The highest BCUT2D eigenvalue weighted by molar-refractivity contribution is 5.92. The Morgan fingerprint density at radius 1 is 1.42 bits per heavy atom. The summed E-state index contributed by atoms with van der Waals surface area (Å²) in [6.45, 7) is 2.62. The molecule has 0 radical (unpaired) electrons. The standard InChI is InChI=1S/C17H19N5O2/c18-7-13-2-1-3-14(6-13)9-21-4-5-22(11-15(23)10-21)17(24)16-8-19-12-20-16/h1-3,6,8,12,15,23H,4-5,9-11H2,(H,19,20)/t15-/m1/s1. The second-order valence-corrected chi connectivity index (χ2v) is 5.92. The Balaban J connectivity index is 1.66. The maximum Gasteiger partial charge on any atom is 0.272 e. The molecule has 0 unspecified atom stereocenters. The molecule has 7 heteroatoms. The zero-order chi connectivity index (χ0) is 16.9. The smallest absolute Gasteiger partial charge is 0.272 e. The van der Waals surface area contributed by atoms with Crippen molar-refractivity contribution in [2.24, 2.45) is 0 Å². The number of imidazole rings is 1. The van der Waals surface area contributed by atoms with Crippen molar-refractivity contribution in [3.8, 4) is 6.07 Å².